The lowest BCUT2D eigenvalue weighted by Gasteiger charge is -2.03. The molecule has 1 aromatic carbocycles. The molecule has 17 heavy (non-hydrogen) atoms. The van der Waals surface area contributed by atoms with Gasteiger partial charge in [0.15, 0.2) is 0 Å². The van der Waals surface area contributed by atoms with Crippen molar-refractivity contribution in [3.05, 3.63) is 49.9 Å². The molecule has 0 bridgehead atoms. The average molecular weight is 302 g/mol. The predicted molar refractivity (Wildman–Crippen MR) is 68.5 cm³/mol. The molecule has 0 aromatic heterocycles. The van der Waals surface area contributed by atoms with Gasteiger partial charge in [-0.1, -0.05) is 35.8 Å². The summed E-state index contributed by atoms with van der Waals surface area (Å²) in [6.45, 7) is 3.77. The lowest BCUT2D eigenvalue weighted by molar-refractivity contribution is -0.427. The van der Waals surface area contributed by atoms with Crippen LogP contribution in [0.3, 0.4) is 0 Å². The van der Waals surface area contributed by atoms with Crippen molar-refractivity contribution in [3.63, 3.8) is 0 Å². The Morgan fingerprint density at radius 2 is 2.24 bits per heavy atom. The van der Waals surface area contributed by atoms with Crippen LogP contribution in [0.1, 0.15) is 25.8 Å². The summed E-state index contributed by atoms with van der Waals surface area (Å²) < 4.78 is 14.1. The largest absolute Gasteiger partial charge is 0.259 e. The van der Waals surface area contributed by atoms with Crippen molar-refractivity contribution in [2.75, 3.05) is 0 Å². The molecule has 0 spiro atoms. The Balaban J connectivity index is 3.08. The summed E-state index contributed by atoms with van der Waals surface area (Å²) in [5.41, 5.74) is 0.266. The smallest absolute Gasteiger partial charge is 0.247 e. The molecule has 0 radical (unpaired) electrons. The fourth-order valence-corrected chi connectivity index (χ4v) is 1.74. The molecule has 0 saturated heterocycles. The van der Waals surface area contributed by atoms with Crippen LogP contribution in [0.25, 0.3) is 6.08 Å². The lowest BCUT2D eigenvalue weighted by Crippen LogP contribution is -2.02. The molecular weight excluding hydrogens is 289 g/mol. The van der Waals surface area contributed by atoms with E-state index in [0.29, 0.717) is 10.9 Å². The van der Waals surface area contributed by atoms with Gasteiger partial charge in [-0.25, -0.2) is 4.39 Å². The number of allylic oxidation sites excluding steroid dienone is 1. The highest BCUT2D eigenvalue weighted by atomic mass is 79.9. The number of nitro groups is 1. The Bertz CT molecular complexity index is 458. The van der Waals surface area contributed by atoms with Gasteiger partial charge in [-0.2, -0.15) is 0 Å². The van der Waals surface area contributed by atoms with Crippen molar-refractivity contribution in [2.24, 2.45) is 5.92 Å². The monoisotopic (exact) mass is 301 g/mol. The van der Waals surface area contributed by atoms with E-state index < -0.39 is 10.7 Å². The van der Waals surface area contributed by atoms with Gasteiger partial charge in [0, 0.05) is 22.5 Å². The van der Waals surface area contributed by atoms with E-state index in [1.165, 1.54) is 18.2 Å². The van der Waals surface area contributed by atoms with Gasteiger partial charge in [0.25, 0.3) is 0 Å². The number of rotatable bonds is 4. The van der Waals surface area contributed by atoms with Crippen molar-refractivity contribution in [3.8, 4) is 0 Å². The molecule has 0 fully saturated rings. The Morgan fingerprint density at radius 3 is 2.71 bits per heavy atom. The van der Waals surface area contributed by atoms with Crippen LogP contribution < -0.4 is 0 Å². The van der Waals surface area contributed by atoms with E-state index in [1.807, 2.05) is 13.8 Å². The summed E-state index contributed by atoms with van der Waals surface area (Å²) in [4.78, 5) is 10.4. The van der Waals surface area contributed by atoms with Gasteiger partial charge in [-0.3, -0.25) is 10.1 Å². The molecule has 0 amide bonds. The fraction of sp³-hybridized carbons (Fsp3) is 0.333. The third kappa shape index (κ3) is 4.26. The number of halogens is 2. The molecule has 0 N–H and O–H groups in total. The molecule has 0 atom stereocenters. The molecular formula is C12H13BrFNO2. The van der Waals surface area contributed by atoms with Crippen LogP contribution in [0, 0.1) is 21.8 Å². The van der Waals surface area contributed by atoms with Gasteiger partial charge in [0.05, 0.1) is 4.92 Å². The molecule has 0 aliphatic carbocycles. The second kappa shape index (κ2) is 5.91. The fourth-order valence-electron chi connectivity index (χ4n) is 1.40. The standard InChI is InChI=1S/C12H13BrFNO2/c1-8(2)5-11(15(16)17)6-9-3-4-10(13)7-12(9)14/h3-4,6-8H,5H2,1-2H3. The second-order valence-corrected chi connectivity index (χ2v) is 5.07. The maximum absolute atomic E-state index is 13.5. The molecule has 1 aromatic rings. The summed E-state index contributed by atoms with van der Waals surface area (Å²) in [6.07, 6.45) is 1.62. The zero-order chi connectivity index (χ0) is 13.0. The van der Waals surface area contributed by atoms with Gasteiger partial charge >= 0.3 is 0 Å². The Labute approximate surface area is 108 Å². The van der Waals surface area contributed by atoms with Crippen molar-refractivity contribution in [2.45, 2.75) is 20.3 Å². The zero-order valence-corrected chi connectivity index (χ0v) is 11.2. The highest BCUT2D eigenvalue weighted by Crippen LogP contribution is 2.20. The van der Waals surface area contributed by atoms with Crippen LogP contribution >= 0.6 is 15.9 Å². The Kier molecular flexibility index (Phi) is 4.81. The second-order valence-electron chi connectivity index (χ2n) is 4.16. The molecule has 0 aliphatic rings. The van der Waals surface area contributed by atoms with Crippen molar-refractivity contribution in [1.82, 2.24) is 0 Å². The predicted octanol–water partition coefficient (Wildman–Crippen LogP) is 4.25. The average Bonchev–Trinajstić information content (AvgIpc) is 2.19. The minimum Gasteiger partial charge on any atom is -0.259 e. The van der Waals surface area contributed by atoms with Crippen LogP contribution in [0.5, 0.6) is 0 Å². The summed E-state index contributed by atoms with van der Waals surface area (Å²) >= 11 is 3.14. The van der Waals surface area contributed by atoms with E-state index in [-0.39, 0.29) is 17.2 Å². The maximum Gasteiger partial charge on any atom is 0.247 e. The molecule has 5 heteroatoms. The minimum absolute atomic E-state index is 0.0289. The van der Waals surface area contributed by atoms with Crippen LogP contribution in [0.15, 0.2) is 28.4 Å². The molecule has 0 saturated carbocycles. The minimum atomic E-state index is -0.470. The Hall–Kier alpha value is -1.23. The van der Waals surface area contributed by atoms with E-state index in [0.717, 1.165) is 0 Å². The highest BCUT2D eigenvalue weighted by Gasteiger charge is 2.14. The van der Waals surface area contributed by atoms with Crippen LogP contribution in [0.2, 0.25) is 0 Å². The van der Waals surface area contributed by atoms with Gasteiger partial charge in [0.1, 0.15) is 5.82 Å². The summed E-state index contributed by atoms with van der Waals surface area (Å²) in [5, 5.41) is 10.8. The molecule has 3 nitrogen and oxygen atoms in total. The number of nitrogens with zero attached hydrogens (tertiary/aromatic N) is 1. The first-order valence-electron chi connectivity index (χ1n) is 5.20. The number of hydrogen-bond acceptors (Lipinski definition) is 2. The lowest BCUT2D eigenvalue weighted by atomic mass is 10.1. The van der Waals surface area contributed by atoms with Gasteiger partial charge in [-0.15, -0.1) is 0 Å². The van der Waals surface area contributed by atoms with Crippen molar-refractivity contribution >= 4 is 22.0 Å². The molecule has 0 aliphatic heterocycles. The number of hydrogen-bond donors (Lipinski definition) is 0. The third-order valence-electron chi connectivity index (χ3n) is 2.14. The first kappa shape index (κ1) is 13.8. The van der Waals surface area contributed by atoms with Gasteiger partial charge < -0.3 is 0 Å². The summed E-state index contributed by atoms with van der Waals surface area (Å²) in [7, 11) is 0. The summed E-state index contributed by atoms with van der Waals surface area (Å²) in [5.74, 6) is -0.312. The van der Waals surface area contributed by atoms with E-state index >= 15 is 0 Å². The number of benzene rings is 1. The van der Waals surface area contributed by atoms with E-state index in [1.54, 1.807) is 6.07 Å². The third-order valence-corrected chi connectivity index (χ3v) is 2.63. The summed E-state index contributed by atoms with van der Waals surface area (Å²) in [6, 6.07) is 4.46. The van der Waals surface area contributed by atoms with Crippen LogP contribution in [-0.2, 0) is 0 Å². The quantitative estimate of drug-likeness (QED) is 0.616. The van der Waals surface area contributed by atoms with Gasteiger partial charge in [0.2, 0.25) is 5.70 Å². The highest BCUT2D eigenvalue weighted by molar-refractivity contribution is 9.10. The SMILES string of the molecule is CC(C)CC(=Cc1ccc(Br)cc1F)[N+](=O)[O-]. The van der Waals surface area contributed by atoms with E-state index in [4.69, 9.17) is 0 Å². The zero-order valence-electron chi connectivity index (χ0n) is 9.61. The maximum atomic E-state index is 13.5. The van der Waals surface area contributed by atoms with E-state index in [2.05, 4.69) is 15.9 Å². The first-order valence-corrected chi connectivity index (χ1v) is 5.99. The van der Waals surface area contributed by atoms with Crippen molar-refractivity contribution in [1.29, 1.82) is 0 Å². The topological polar surface area (TPSA) is 43.1 Å². The van der Waals surface area contributed by atoms with Crippen molar-refractivity contribution < 1.29 is 9.31 Å². The first-order chi connectivity index (χ1) is 7.90. The van der Waals surface area contributed by atoms with Crippen LogP contribution in [0.4, 0.5) is 4.39 Å². The van der Waals surface area contributed by atoms with E-state index in [9.17, 15) is 14.5 Å². The normalized spacial score (nSPS) is 11.9. The molecule has 0 unspecified atom stereocenters. The molecule has 0 heterocycles. The Morgan fingerprint density at radius 1 is 1.59 bits per heavy atom. The van der Waals surface area contributed by atoms with Gasteiger partial charge in [-0.05, 0) is 18.1 Å². The molecule has 92 valence electrons. The van der Waals surface area contributed by atoms with Crippen LogP contribution in [-0.4, -0.2) is 4.92 Å². The molecule has 1 rings (SSSR count).